The van der Waals surface area contributed by atoms with Crippen LogP contribution in [-0.4, -0.2) is 47.1 Å². The van der Waals surface area contributed by atoms with E-state index in [-0.39, 0.29) is 35.8 Å². The first-order valence-electron chi connectivity index (χ1n) is 9.47. The molecule has 1 saturated heterocycles. The molecule has 1 aliphatic heterocycles. The summed E-state index contributed by atoms with van der Waals surface area (Å²) in [6.07, 6.45) is -1.07. The van der Waals surface area contributed by atoms with Crippen molar-refractivity contribution in [1.82, 2.24) is 9.88 Å². The van der Waals surface area contributed by atoms with E-state index < -0.39 is 24.4 Å². The number of nitrogens with two attached hydrogens (primary N) is 1. The van der Waals surface area contributed by atoms with Gasteiger partial charge in [-0.15, -0.1) is 0 Å². The fraction of sp³-hybridized carbons (Fsp3) is 0.227. The zero-order chi connectivity index (χ0) is 21.3. The normalized spacial score (nSPS) is 18.2. The van der Waals surface area contributed by atoms with E-state index in [0.717, 1.165) is 11.6 Å². The van der Waals surface area contributed by atoms with Crippen molar-refractivity contribution in [3.8, 4) is 5.88 Å². The monoisotopic (exact) mass is 410 g/mol. The van der Waals surface area contributed by atoms with Crippen LogP contribution in [0.1, 0.15) is 22.3 Å². The Hall–Kier alpha value is -3.55. The molecule has 1 unspecified atom stereocenters. The molecule has 3 N–H and O–H groups in total. The molecule has 8 heteroatoms. The van der Waals surface area contributed by atoms with Crippen LogP contribution in [0.3, 0.4) is 0 Å². The van der Waals surface area contributed by atoms with Crippen LogP contribution in [-0.2, 0) is 0 Å². The topological polar surface area (TPSA) is 92.3 Å². The van der Waals surface area contributed by atoms with Gasteiger partial charge in [0.15, 0.2) is 6.10 Å². The maximum absolute atomic E-state index is 14.6. The summed E-state index contributed by atoms with van der Waals surface area (Å²) in [5.74, 6) is -3.49. The number of aromatic nitrogens is 1. The average molecular weight is 410 g/mol. The highest BCUT2D eigenvalue weighted by Crippen LogP contribution is 2.32. The van der Waals surface area contributed by atoms with Gasteiger partial charge in [-0.25, -0.2) is 13.8 Å². The molecule has 0 saturated carbocycles. The fourth-order valence-corrected chi connectivity index (χ4v) is 3.54. The third-order valence-corrected chi connectivity index (χ3v) is 5.21. The second-order valence-electron chi connectivity index (χ2n) is 7.16. The number of amides is 1. The summed E-state index contributed by atoms with van der Waals surface area (Å²) in [7, 11) is 0. The number of para-hydroxylation sites is 1. The van der Waals surface area contributed by atoms with Crippen molar-refractivity contribution in [2.45, 2.75) is 18.4 Å². The van der Waals surface area contributed by atoms with Crippen molar-refractivity contribution in [3.63, 3.8) is 0 Å². The average Bonchev–Trinajstić information content (AvgIpc) is 2.74. The first-order valence-corrected chi connectivity index (χ1v) is 9.47. The molecule has 1 aromatic heterocycles. The highest BCUT2D eigenvalue weighted by atomic mass is 19.3. The third kappa shape index (κ3) is 3.68. The Labute approximate surface area is 171 Å². The predicted molar refractivity (Wildman–Crippen MR) is 110 cm³/mol. The summed E-state index contributed by atoms with van der Waals surface area (Å²) in [4.78, 5) is 18.6. The number of nitrogens with one attached hydrogen (secondary N) is 1. The molecule has 1 amide bonds. The zero-order valence-electron chi connectivity index (χ0n) is 16.0. The minimum Gasteiger partial charge on any atom is -0.466 e. The molecule has 0 bridgehead atoms. The Morgan fingerprint density at radius 3 is 2.80 bits per heavy atom. The van der Waals surface area contributed by atoms with Crippen LogP contribution in [0.5, 0.6) is 5.88 Å². The van der Waals surface area contributed by atoms with E-state index in [9.17, 15) is 13.6 Å². The lowest BCUT2D eigenvalue weighted by molar-refractivity contribution is -0.131. The van der Waals surface area contributed by atoms with Crippen molar-refractivity contribution in [2.24, 2.45) is 0 Å². The van der Waals surface area contributed by atoms with Crippen molar-refractivity contribution in [2.75, 3.05) is 18.8 Å². The van der Waals surface area contributed by atoms with Gasteiger partial charge < -0.3 is 20.8 Å². The second-order valence-corrected chi connectivity index (χ2v) is 7.16. The van der Waals surface area contributed by atoms with E-state index >= 15 is 0 Å². The molecule has 2 heterocycles. The molecular weight excluding hydrogens is 390 g/mol. The molecule has 0 spiro atoms. The van der Waals surface area contributed by atoms with Gasteiger partial charge in [-0.2, -0.15) is 0 Å². The van der Waals surface area contributed by atoms with Gasteiger partial charge in [0, 0.05) is 41.9 Å². The van der Waals surface area contributed by atoms with Crippen molar-refractivity contribution < 1.29 is 18.3 Å². The van der Waals surface area contributed by atoms with Crippen LogP contribution in [0.2, 0.25) is 0 Å². The van der Waals surface area contributed by atoms with Gasteiger partial charge in [0.05, 0.1) is 17.6 Å². The summed E-state index contributed by atoms with van der Waals surface area (Å²) in [5.41, 5.74) is 7.24. The number of carbonyl (C=O) groups is 1. The number of fused-ring (bicyclic) bond motifs is 1. The van der Waals surface area contributed by atoms with E-state index in [4.69, 9.17) is 15.9 Å². The summed E-state index contributed by atoms with van der Waals surface area (Å²) >= 11 is 0. The Balaban J connectivity index is 1.58. The van der Waals surface area contributed by atoms with Gasteiger partial charge >= 0.3 is 0 Å². The van der Waals surface area contributed by atoms with Gasteiger partial charge in [0.25, 0.3) is 11.8 Å². The molecule has 30 heavy (non-hydrogen) atoms. The molecule has 1 aliphatic rings. The molecule has 6 nitrogen and oxygen atoms in total. The summed E-state index contributed by atoms with van der Waals surface area (Å²) in [5, 5.41) is 8.39. The first-order chi connectivity index (χ1) is 14.4. The molecule has 0 radical (unpaired) electrons. The van der Waals surface area contributed by atoms with Gasteiger partial charge in [-0.3, -0.25) is 4.79 Å². The van der Waals surface area contributed by atoms with E-state index in [2.05, 4.69) is 4.98 Å². The smallest absolute Gasteiger partial charge is 0.287 e. The number of alkyl halides is 2. The molecule has 2 aromatic carbocycles. The number of carbonyl (C=O) groups excluding carboxylic acids is 1. The summed E-state index contributed by atoms with van der Waals surface area (Å²) < 4.78 is 34.7. The number of nitrogens with zero attached hydrogens (tertiary/aromatic N) is 2. The number of ether oxygens (including phenoxy) is 1. The number of anilines is 1. The lowest BCUT2D eigenvalue weighted by Crippen LogP contribution is -2.55. The Kier molecular flexibility index (Phi) is 5.07. The number of benzene rings is 2. The van der Waals surface area contributed by atoms with Gasteiger partial charge in [-0.1, -0.05) is 24.3 Å². The number of nitrogen functional groups attached to an aromatic ring is 1. The molecule has 154 valence electrons. The van der Waals surface area contributed by atoms with Crippen LogP contribution in [0.15, 0.2) is 54.6 Å². The van der Waals surface area contributed by atoms with Crippen molar-refractivity contribution in [1.29, 1.82) is 5.41 Å². The lowest BCUT2D eigenvalue weighted by atomic mass is 10.00. The second kappa shape index (κ2) is 7.70. The Bertz CT molecular complexity index is 1120. The Morgan fingerprint density at radius 2 is 2.00 bits per heavy atom. The summed E-state index contributed by atoms with van der Waals surface area (Å²) in [6, 6.07) is 15.3. The number of halogens is 2. The van der Waals surface area contributed by atoms with Gasteiger partial charge in [0.2, 0.25) is 5.88 Å². The molecule has 4 rings (SSSR count). The van der Waals surface area contributed by atoms with Crippen molar-refractivity contribution in [3.05, 3.63) is 65.7 Å². The minimum atomic E-state index is -3.11. The van der Waals surface area contributed by atoms with Crippen LogP contribution in [0.4, 0.5) is 14.5 Å². The van der Waals surface area contributed by atoms with E-state index in [0.29, 0.717) is 5.52 Å². The standard InChI is InChI=1S/C22H20F2N4O2/c23-22(24)10-11-28(21(29)15-5-3-6-17(26)16(15)12-25)13-19(22)30-20-9-8-14-4-1-2-7-18(14)27-20/h1-9,12,19,25H,10-11,13,26H2. The van der Waals surface area contributed by atoms with E-state index in [1.807, 2.05) is 12.1 Å². The van der Waals surface area contributed by atoms with Gasteiger partial charge in [-0.05, 0) is 24.3 Å². The molecular formula is C22H20F2N4O2. The number of likely N-dealkylation sites (tertiary alicyclic amines) is 1. The molecule has 1 fully saturated rings. The number of hydrogen-bond acceptors (Lipinski definition) is 5. The maximum atomic E-state index is 14.6. The number of rotatable bonds is 4. The van der Waals surface area contributed by atoms with Crippen LogP contribution >= 0.6 is 0 Å². The quantitative estimate of drug-likeness (QED) is 0.506. The molecule has 1 atom stereocenters. The highest BCUT2D eigenvalue weighted by molar-refractivity contribution is 6.04. The molecule has 3 aromatic rings. The lowest BCUT2D eigenvalue weighted by Gasteiger charge is -2.38. The Morgan fingerprint density at radius 1 is 1.20 bits per heavy atom. The number of pyridine rings is 1. The minimum absolute atomic E-state index is 0.0804. The molecule has 0 aliphatic carbocycles. The maximum Gasteiger partial charge on any atom is 0.287 e. The first kappa shape index (κ1) is 19.8. The third-order valence-electron chi connectivity index (χ3n) is 5.21. The van der Waals surface area contributed by atoms with E-state index in [1.54, 1.807) is 36.4 Å². The number of hydrogen-bond donors (Lipinski definition) is 2. The van der Waals surface area contributed by atoms with Crippen molar-refractivity contribution >= 4 is 28.7 Å². The van der Waals surface area contributed by atoms with E-state index in [1.165, 1.54) is 11.0 Å². The summed E-state index contributed by atoms with van der Waals surface area (Å²) in [6.45, 7) is -0.421. The predicted octanol–water partition coefficient (Wildman–Crippen LogP) is 3.74. The highest BCUT2D eigenvalue weighted by Gasteiger charge is 2.47. The van der Waals surface area contributed by atoms with Gasteiger partial charge in [0.1, 0.15) is 0 Å². The van der Waals surface area contributed by atoms with Crippen LogP contribution in [0, 0.1) is 5.41 Å². The SMILES string of the molecule is N=Cc1c(N)cccc1C(=O)N1CCC(F)(F)C(Oc2ccc3ccccc3n2)C1. The largest absolute Gasteiger partial charge is 0.466 e. The van der Waals surface area contributed by atoms with Crippen LogP contribution in [0.25, 0.3) is 10.9 Å². The fourth-order valence-electron chi connectivity index (χ4n) is 3.54. The van der Waals surface area contributed by atoms with Crippen LogP contribution < -0.4 is 10.5 Å². The number of piperidine rings is 1. The zero-order valence-corrected chi connectivity index (χ0v) is 16.0.